The summed E-state index contributed by atoms with van der Waals surface area (Å²) in [6.45, 7) is 3.54. The van der Waals surface area contributed by atoms with Crippen LogP contribution >= 0.6 is 15.9 Å². The number of hydrogen-bond acceptors (Lipinski definition) is 1. The second-order valence-corrected chi connectivity index (χ2v) is 5.18. The average Bonchev–Trinajstić information content (AvgIpc) is 2.94. The quantitative estimate of drug-likeness (QED) is 0.753. The van der Waals surface area contributed by atoms with Crippen molar-refractivity contribution in [2.45, 2.75) is 18.7 Å². The number of anilines is 1. The zero-order valence-corrected chi connectivity index (χ0v) is 11.0. The molecule has 1 nitrogen and oxygen atoms in total. The molecule has 2 atom stereocenters. The predicted molar refractivity (Wildman–Crippen MR) is 69.6 cm³/mol. The van der Waals surface area contributed by atoms with E-state index in [1.807, 2.05) is 0 Å². The van der Waals surface area contributed by atoms with Gasteiger partial charge in [-0.25, -0.2) is 0 Å². The molecule has 1 aliphatic carbocycles. The predicted octanol–water partition coefficient (Wildman–Crippen LogP) is 3.67. The normalized spacial score (nSPS) is 23.9. The molecule has 1 fully saturated rings. The largest absolute Gasteiger partial charge is 0.374 e. The summed E-state index contributed by atoms with van der Waals surface area (Å²) in [7, 11) is 2.20. The third-order valence-corrected chi connectivity index (χ3v) is 3.94. The SMILES string of the molecule is CC1CC1CN(C)c1ccccc1CBr. The summed E-state index contributed by atoms with van der Waals surface area (Å²) < 4.78 is 0. The van der Waals surface area contributed by atoms with Crippen LogP contribution in [0.5, 0.6) is 0 Å². The number of rotatable bonds is 4. The van der Waals surface area contributed by atoms with Gasteiger partial charge in [0, 0.05) is 24.6 Å². The van der Waals surface area contributed by atoms with Crippen molar-refractivity contribution in [1.82, 2.24) is 0 Å². The first-order valence-electron chi connectivity index (χ1n) is 5.57. The van der Waals surface area contributed by atoms with Crippen LogP contribution < -0.4 is 4.90 Å². The molecule has 82 valence electrons. The Hall–Kier alpha value is -0.500. The second kappa shape index (κ2) is 4.56. The van der Waals surface area contributed by atoms with E-state index in [4.69, 9.17) is 0 Å². The van der Waals surface area contributed by atoms with Crippen LogP contribution in [0.1, 0.15) is 18.9 Å². The van der Waals surface area contributed by atoms with Crippen molar-refractivity contribution in [3.05, 3.63) is 29.8 Å². The molecule has 1 aliphatic rings. The molecule has 0 N–H and O–H groups in total. The van der Waals surface area contributed by atoms with Crippen molar-refractivity contribution >= 4 is 21.6 Å². The van der Waals surface area contributed by atoms with Gasteiger partial charge in [-0.3, -0.25) is 0 Å². The van der Waals surface area contributed by atoms with Crippen molar-refractivity contribution in [1.29, 1.82) is 0 Å². The van der Waals surface area contributed by atoms with E-state index in [9.17, 15) is 0 Å². The molecule has 1 saturated carbocycles. The maximum atomic E-state index is 3.54. The number of halogens is 1. The minimum absolute atomic E-state index is 0.915. The Balaban J connectivity index is 2.06. The van der Waals surface area contributed by atoms with E-state index >= 15 is 0 Å². The fourth-order valence-electron chi connectivity index (χ4n) is 2.10. The summed E-state index contributed by atoms with van der Waals surface area (Å²) in [5, 5.41) is 0.938. The Morgan fingerprint density at radius 2 is 2.07 bits per heavy atom. The molecule has 15 heavy (non-hydrogen) atoms. The highest BCUT2D eigenvalue weighted by molar-refractivity contribution is 9.08. The first-order valence-corrected chi connectivity index (χ1v) is 6.69. The average molecular weight is 268 g/mol. The summed E-state index contributed by atoms with van der Waals surface area (Å²) in [5.41, 5.74) is 2.75. The van der Waals surface area contributed by atoms with Gasteiger partial charge in [0.05, 0.1) is 0 Å². The lowest BCUT2D eigenvalue weighted by Gasteiger charge is -2.21. The van der Waals surface area contributed by atoms with Gasteiger partial charge in [-0.15, -0.1) is 0 Å². The van der Waals surface area contributed by atoms with Crippen molar-refractivity contribution in [2.75, 3.05) is 18.5 Å². The monoisotopic (exact) mass is 267 g/mol. The number of nitrogens with zero attached hydrogens (tertiary/aromatic N) is 1. The fourth-order valence-corrected chi connectivity index (χ4v) is 2.57. The van der Waals surface area contributed by atoms with E-state index in [0.29, 0.717) is 0 Å². The first kappa shape index (κ1) is 11.0. The van der Waals surface area contributed by atoms with Crippen molar-refractivity contribution in [2.24, 2.45) is 11.8 Å². The van der Waals surface area contributed by atoms with Gasteiger partial charge in [-0.1, -0.05) is 41.1 Å². The zero-order valence-electron chi connectivity index (χ0n) is 9.41. The molecule has 0 bridgehead atoms. The zero-order chi connectivity index (χ0) is 10.8. The Bertz CT molecular complexity index is 337. The van der Waals surface area contributed by atoms with Crippen LogP contribution in [0.3, 0.4) is 0 Å². The minimum Gasteiger partial charge on any atom is -0.374 e. The molecule has 0 saturated heterocycles. The van der Waals surface area contributed by atoms with Crippen LogP contribution in [-0.2, 0) is 5.33 Å². The topological polar surface area (TPSA) is 3.24 Å². The van der Waals surface area contributed by atoms with Crippen LogP contribution in [0, 0.1) is 11.8 Å². The Morgan fingerprint density at radius 3 is 2.67 bits per heavy atom. The molecule has 1 aromatic rings. The highest BCUT2D eigenvalue weighted by Gasteiger charge is 2.33. The Morgan fingerprint density at radius 1 is 1.40 bits per heavy atom. The summed E-state index contributed by atoms with van der Waals surface area (Å²) >= 11 is 3.54. The van der Waals surface area contributed by atoms with Crippen molar-refractivity contribution < 1.29 is 0 Å². The van der Waals surface area contributed by atoms with Gasteiger partial charge in [0.15, 0.2) is 0 Å². The van der Waals surface area contributed by atoms with Crippen LogP contribution in [0.4, 0.5) is 5.69 Å². The van der Waals surface area contributed by atoms with E-state index < -0.39 is 0 Å². The third kappa shape index (κ3) is 2.54. The molecule has 0 aromatic heterocycles. The molecule has 2 unspecified atom stereocenters. The minimum atomic E-state index is 0.915. The van der Waals surface area contributed by atoms with E-state index in [2.05, 4.69) is 59.1 Å². The van der Waals surface area contributed by atoms with Gasteiger partial charge in [0.1, 0.15) is 0 Å². The van der Waals surface area contributed by atoms with Gasteiger partial charge >= 0.3 is 0 Å². The smallest absolute Gasteiger partial charge is 0.0404 e. The number of hydrogen-bond donors (Lipinski definition) is 0. The first-order chi connectivity index (χ1) is 7.22. The standard InChI is InChI=1S/C13H18BrN/c1-10-7-12(10)9-15(2)13-6-4-3-5-11(13)8-14/h3-6,10,12H,7-9H2,1-2H3. The van der Waals surface area contributed by atoms with Gasteiger partial charge in [0.2, 0.25) is 0 Å². The van der Waals surface area contributed by atoms with Crippen molar-refractivity contribution in [3.8, 4) is 0 Å². The molecular formula is C13H18BrN. The Kier molecular flexibility index (Phi) is 3.35. The van der Waals surface area contributed by atoms with Gasteiger partial charge < -0.3 is 4.90 Å². The molecule has 0 aliphatic heterocycles. The molecule has 0 amide bonds. The summed E-state index contributed by atoms with van der Waals surface area (Å²) in [6, 6.07) is 8.63. The number of para-hydroxylation sites is 1. The third-order valence-electron chi connectivity index (χ3n) is 3.33. The molecule has 0 radical (unpaired) electrons. The van der Waals surface area contributed by atoms with E-state index in [1.165, 1.54) is 24.2 Å². The molecule has 2 rings (SSSR count). The molecule has 0 heterocycles. The van der Waals surface area contributed by atoms with Gasteiger partial charge in [-0.05, 0) is 29.9 Å². The highest BCUT2D eigenvalue weighted by Crippen LogP contribution is 2.39. The lowest BCUT2D eigenvalue weighted by molar-refractivity contribution is 0.724. The van der Waals surface area contributed by atoms with Gasteiger partial charge in [0.25, 0.3) is 0 Å². The molecular weight excluding hydrogens is 250 g/mol. The van der Waals surface area contributed by atoms with E-state index in [-0.39, 0.29) is 0 Å². The summed E-state index contributed by atoms with van der Waals surface area (Å²) in [6.07, 6.45) is 1.40. The van der Waals surface area contributed by atoms with Crippen molar-refractivity contribution in [3.63, 3.8) is 0 Å². The second-order valence-electron chi connectivity index (χ2n) is 4.62. The maximum absolute atomic E-state index is 3.54. The molecule has 2 heteroatoms. The Labute approximate surface area is 101 Å². The lowest BCUT2D eigenvalue weighted by Crippen LogP contribution is -2.21. The van der Waals surface area contributed by atoms with E-state index in [1.54, 1.807) is 0 Å². The highest BCUT2D eigenvalue weighted by atomic mass is 79.9. The summed E-state index contributed by atoms with van der Waals surface area (Å²) in [4.78, 5) is 2.39. The van der Waals surface area contributed by atoms with E-state index in [0.717, 1.165) is 17.2 Å². The maximum Gasteiger partial charge on any atom is 0.0404 e. The van der Waals surface area contributed by atoms with Crippen LogP contribution in [-0.4, -0.2) is 13.6 Å². The fraction of sp³-hybridized carbons (Fsp3) is 0.538. The summed E-state index contributed by atoms with van der Waals surface area (Å²) in [5.74, 6) is 1.85. The number of benzene rings is 1. The molecule has 0 spiro atoms. The van der Waals surface area contributed by atoms with Crippen LogP contribution in [0.2, 0.25) is 0 Å². The van der Waals surface area contributed by atoms with Crippen LogP contribution in [0.15, 0.2) is 24.3 Å². The van der Waals surface area contributed by atoms with Crippen LogP contribution in [0.25, 0.3) is 0 Å². The van der Waals surface area contributed by atoms with Gasteiger partial charge in [-0.2, -0.15) is 0 Å². The molecule has 1 aromatic carbocycles. The number of alkyl halides is 1. The lowest BCUT2D eigenvalue weighted by atomic mass is 10.2.